The molecule has 1 spiro atoms. The van der Waals surface area contributed by atoms with Gasteiger partial charge < -0.3 is 14.5 Å². The summed E-state index contributed by atoms with van der Waals surface area (Å²) in [4.78, 5) is 29.7. The molecule has 2 aromatic rings. The number of anilines is 2. The van der Waals surface area contributed by atoms with E-state index < -0.39 is 0 Å². The molecule has 0 aromatic carbocycles. The third-order valence-electron chi connectivity index (χ3n) is 6.64. The van der Waals surface area contributed by atoms with Crippen molar-refractivity contribution in [3.8, 4) is 0 Å². The first-order valence-electron chi connectivity index (χ1n) is 10.3. The lowest BCUT2D eigenvalue weighted by atomic mass is 9.76. The van der Waals surface area contributed by atoms with Gasteiger partial charge in [-0.1, -0.05) is 0 Å². The predicted octanol–water partition coefficient (Wildman–Crippen LogP) is 1.79. The standard InChI is InChI=1S/C21H27N5O2/c1-15-14-16(3-7-22-15)25-8-5-21(6-9-25)4-2-17-18(21)23-20(24-19(17)27)26-10-12-28-13-11-26/h3,7,14H,2,4-6,8-13H2,1H3,(H,23,24,27). The summed E-state index contributed by atoms with van der Waals surface area (Å²) in [6.45, 7) is 6.95. The van der Waals surface area contributed by atoms with Crippen molar-refractivity contribution in [3.05, 3.63) is 45.6 Å². The first-order chi connectivity index (χ1) is 13.6. The van der Waals surface area contributed by atoms with E-state index in [4.69, 9.17) is 9.72 Å². The quantitative estimate of drug-likeness (QED) is 0.855. The van der Waals surface area contributed by atoms with Gasteiger partial charge in [0, 0.05) is 54.7 Å². The molecule has 2 fully saturated rings. The Morgan fingerprint density at radius 3 is 2.64 bits per heavy atom. The molecule has 0 atom stereocenters. The number of aromatic amines is 1. The number of hydrogen-bond acceptors (Lipinski definition) is 6. The van der Waals surface area contributed by atoms with E-state index in [0.29, 0.717) is 13.2 Å². The van der Waals surface area contributed by atoms with Crippen molar-refractivity contribution in [3.63, 3.8) is 0 Å². The zero-order valence-corrected chi connectivity index (χ0v) is 16.4. The highest BCUT2D eigenvalue weighted by atomic mass is 16.5. The highest BCUT2D eigenvalue weighted by Gasteiger charge is 2.44. The first kappa shape index (κ1) is 17.7. The van der Waals surface area contributed by atoms with E-state index in [9.17, 15) is 4.79 Å². The maximum absolute atomic E-state index is 12.8. The summed E-state index contributed by atoms with van der Waals surface area (Å²) in [6, 6.07) is 4.24. The van der Waals surface area contributed by atoms with Crippen molar-refractivity contribution in [1.82, 2.24) is 15.0 Å². The Kier molecular flexibility index (Phi) is 4.34. The number of nitrogens with zero attached hydrogens (tertiary/aromatic N) is 4. The van der Waals surface area contributed by atoms with Gasteiger partial charge in [0.25, 0.3) is 5.56 Å². The highest BCUT2D eigenvalue weighted by molar-refractivity contribution is 5.48. The zero-order valence-electron chi connectivity index (χ0n) is 16.4. The molecule has 0 bridgehead atoms. The van der Waals surface area contributed by atoms with Gasteiger partial charge in [-0.05, 0) is 44.7 Å². The van der Waals surface area contributed by atoms with Crippen LogP contribution in [0.2, 0.25) is 0 Å². The second-order valence-electron chi connectivity index (χ2n) is 8.24. The summed E-state index contributed by atoms with van der Waals surface area (Å²) < 4.78 is 5.44. The highest BCUT2D eigenvalue weighted by Crippen LogP contribution is 2.45. The first-order valence-corrected chi connectivity index (χ1v) is 10.3. The molecule has 148 valence electrons. The maximum atomic E-state index is 12.8. The van der Waals surface area contributed by atoms with E-state index in [2.05, 4.69) is 31.9 Å². The lowest BCUT2D eigenvalue weighted by molar-refractivity contribution is 0.122. The van der Waals surface area contributed by atoms with Crippen LogP contribution >= 0.6 is 0 Å². The number of aromatic nitrogens is 3. The molecule has 7 nitrogen and oxygen atoms in total. The Labute approximate surface area is 164 Å². The average Bonchev–Trinajstić information content (AvgIpc) is 3.08. The molecular weight excluding hydrogens is 354 g/mol. The number of pyridine rings is 1. The second kappa shape index (κ2) is 6.88. The van der Waals surface area contributed by atoms with Gasteiger partial charge in [0.1, 0.15) is 0 Å². The lowest BCUT2D eigenvalue weighted by Gasteiger charge is -2.40. The van der Waals surface area contributed by atoms with Gasteiger partial charge in [0.15, 0.2) is 0 Å². The zero-order chi connectivity index (χ0) is 19.1. The Hall–Kier alpha value is -2.41. The van der Waals surface area contributed by atoms with Crippen LogP contribution in [-0.2, 0) is 16.6 Å². The Balaban J connectivity index is 1.41. The summed E-state index contributed by atoms with van der Waals surface area (Å²) >= 11 is 0. The SMILES string of the molecule is Cc1cc(N2CCC3(CCc4c3nc(N3CCOCC3)[nH]c4=O)CC2)ccn1. The Morgan fingerprint density at radius 1 is 1.11 bits per heavy atom. The van der Waals surface area contributed by atoms with Gasteiger partial charge in [-0.3, -0.25) is 14.8 Å². The lowest BCUT2D eigenvalue weighted by Crippen LogP contribution is -2.43. The van der Waals surface area contributed by atoms with Gasteiger partial charge in [0.05, 0.1) is 18.9 Å². The largest absolute Gasteiger partial charge is 0.378 e. The fraction of sp³-hybridized carbons (Fsp3) is 0.571. The Bertz CT molecular complexity index is 927. The molecule has 2 aromatic heterocycles. The number of aryl methyl sites for hydroxylation is 1. The number of morpholine rings is 1. The van der Waals surface area contributed by atoms with E-state index in [1.165, 1.54) is 5.69 Å². The molecule has 5 rings (SSSR count). The number of H-pyrrole nitrogens is 1. The second-order valence-corrected chi connectivity index (χ2v) is 8.24. The summed E-state index contributed by atoms with van der Waals surface area (Å²) in [5.41, 5.74) is 4.35. The van der Waals surface area contributed by atoms with Crippen LogP contribution in [0.15, 0.2) is 23.1 Å². The van der Waals surface area contributed by atoms with Crippen molar-refractivity contribution in [2.75, 3.05) is 49.2 Å². The van der Waals surface area contributed by atoms with Crippen molar-refractivity contribution in [2.24, 2.45) is 0 Å². The fourth-order valence-corrected chi connectivity index (χ4v) is 4.97. The number of rotatable bonds is 2. The summed E-state index contributed by atoms with van der Waals surface area (Å²) in [6.07, 6.45) is 5.85. The fourth-order valence-electron chi connectivity index (χ4n) is 4.97. The van der Waals surface area contributed by atoms with E-state index in [1.54, 1.807) is 0 Å². The van der Waals surface area contributed by atoms with Crippen LogP contribution < -0.4 is 15.4 Å². The summed E-state index contributed by atoms with van der Waals surface area (Å²) in [7, 11) is 0. The van der Waals surface area contributed by atoms with Gasteiger partial charge >= 0.3 is 0 Å². The third kappa shape index (κ3) is 2.98. The van der Waals surface area contributed by atoms with Crippen LogP contribution in [0.4, 0.5) is 11.6 Å². The number of ether oxygens (including phenoxy) is 1. The number of piperidine rings is 1. The van der Waals surface area contributed by atoms with E-state index in [1.807, 2.05) is 13.1 Å². The van der Waals surface area contributed by atoms with Crippen LogP contribution in [0.25, 0.3) is 0 Å². The minimum atomic E-state index is 0.0448. The van der Waals surface area contributed by atoms with Crippen LogP contribution in [0.3, 0.4) is 0 Å². The molecule has 2 aliphatic heterocycles. The average molecular weight is 381 g/mol. The van der Waals surface area contributed by atoms with Crippen molar-refractivity contribution >= 4 is 11.6 Å². The van der Waals surface area contributed by atoms with Crippen LogP contribution in [-0.4, -0.2) is 54.3 Å². The summed E-state index contributed by atoms with van der Waals surface area (Å²) in [5, 5.41) is 0. The summed E-state index contributed by atoms with van der Waals surface area (Å²) in [5.74, 6) is 0.723. The smallest absolute Gasteiger partial charge is 0.255 e. The maximum Gasteiger partial charge on any atom is 0.255 e. The van der Waals surface area contributed by atoms with Gasteiger partial charge in [-0.2, -0.15) is 0 Å². The van der Waals surface area contributed by atoms with Gasteiger partial charge in [-0.25, -0.2) is 4.98 Å². The van der Waals surface area contributed by atoms with E-state index in [0.717, 1.165) is 74.8 Å². The number of hydrogen-bond donors (Lipinski definition) is 1. The van der Waals surface area contributed by atoms with Crippen LogP contribution in [0.5, 0.6) is 0 Å². The molecule has 7 heteroatoms. The molecule has 0 unspecified atom stereocenters. The van der Waals surface area contributed by atoms with Crippen molar-refractivity contribution < 1.29 is 4.74 Å². The molecule has 0 radical (unpaired) electrons. The van der Waals surface area contributed by atoms with Crippen molar-refractivity contribution in [2.45, 2.75) is 38.0 Å². The minimum absolute atomic E-state index is 0.0448. The molecule has 0 saturated carbocycles. The van der Waals surface area contributed by atoms with Crippen molar-refractivity contribution in [1.29, 1.82) is 0 Å². The molecule has 0 amide bonds. The number of fused-ring (bicyclic) bond motifs is 2. The van der Waals surface area contributed by atoms with Gasteiger partial charge in [0.2, 0.25) is 5.95 Å². The van der Waals surface area contributed by atoms with E-state index >= 15 is 0 Å². The molecule has 3 aliphatic rings. The minimum Gasteiger partial charge on any atom is -0.378 e. The van der Waals surface area contributed by atoms with E-state index in [-0.39, 0.29) is 11.0 Å². The van der Waals surface area contributed by atoms with Crippen LogP contribution in [0.1, 0.15) is 36.2 Å². The monoisotopic (exact) mass is 381 g/mol. The molecule has 1 N–H and O–H groups in total. The number of nitrogens with one attached hydrogen (secondary N) is 1. The molecule has 28 heavy (non-hydrogen) atoms. The molecule has 4 heterocycles. The molecular formula is C21H27N5O2. The van der Waals surface area contributed by atoms with Gasteiger partial charge in [-0.15, -0.1) is 0 Å². The topological polar surface area (TPSA) is 74.3 Å². The normalized spacial score (nSPS) is 21.2. The predicted molar refractivity (Wildman–Crippen MR) is 108 cm³/mol. The molecule has 2 saturated heterocycles. The third-order valence-corrected chi connectivity index (χ3v) is 6.64. The molecule has 1 aliphatic carbocycles. The Morgan fingerprint density at radius 2 is 1.89 bits per heavy atom. The van der Waals surface area contributed by atoms with Crippen LogP contribution in [0, 0.1) is 6.92 Å².